The predicted octanol–water partition coefficient (Wildman–Crippen LogP) is 3.29. The first-order chi connectivity index (χ1) is 12.9. The van der Waals surface area contributed by atoms with E-state index < -0.39 is 10.0 Å². The van der Waals surface area contributed by atoms with Crippen LogP contribution >= 0.6 is 0 Å². The van der Waals surface area contributed by atoms with Crippen LogP contribution in [-0.4, -0.2) is 21.4 Å². The van der Waals surface area contributed by atoms with Crippen LogP contribution in [0.25, 0.3) is 10.8 Å². The molecule has 0 heterocycles. The Morgan fingerprint density at radius 2 is 1.74 bits per heavy atom. The molecule has 6 nitrogen and oxygen atoms in total. The van der Waals surface area contributed by atoms with E-state index in [1.807, 2.05) is 42.5 Å². The van der Waals surface area contributed by atoms with Crippen LogP contribution in [-0.2, 0) is 21.4 Å². The summed E-state index contributed by atoms with van der Waals surface area (Å²) in [5.74, 6) is 0.0747. The molecule has 7 heteroatoms. The summed E-state index contributed by atoms with van der Waals surface area (Å²) in [4.78, 5) is 11.4. The molecular weight excluding hydrogens is 364 g/mol. The number of fused-ring (bicyclic) bond motifs is 1. The topological polar surface area (TPSA) is 84.5 Å². The van der Waals surface area contributed by atoms with Crippen LogP contribution in [0.1, 0.15) is 12.5 Å². The number of anilines is 1. The molecule has 0 saturated heterocycles. The van der Waals surface area contributed by atoms with Gasteiger partial charge in [-0.2, -0.15) is 0 Å². The van der Waals surface area contributed by atoms with Crippen molar-refractivity contribution in [3.8, 4) is 5.75 Å². The lowest BCUT2D eigenvalue weighted by molar-refractivity contribution is -0.114. The summed E-state index contributed by atoms with van der Waals surface area (Å²) >= 11 is 0. The average molecular weight is 384 g/mol. The number of carbonyl (C=O) groups excluding carboxylic acids is 1. The maximum atomic E-state index is 12.6. The van der Waals surface area contributed by atoms with Gasteiger partial charge in [0.1, 0.15) is 5.75 Å². The number of benzene rings is 3. The number of methoxy groups -OCH3 is 1. The van der Waals surface area contributed by atoms with Crippen LogP contribution in [0.3, 0.4) is 0 Å². The largest absolute Gasteiger partial charge is 0.495 e. The van der Waals surface area contributed by atoms with E-state index in [-0.39, 0.29) is 17.3 Å². The maximum absolute atomic E-state index is 12.6. The van der Waals surface area contributed by atoms with Gasteiger partial charge in [0.25, 0.3) is 0 Å². The minimum Gasteiger partial charge on any atom is -0.495 e. The van der Waals surface area contributed by atoms with E-state index in [0.717, 1.165) is 16.3 Å². The standard InChI is InChI=1S/C20H20N2O4S/c1-14(23)22-19-12-18(9-10-20(19)26-2)27(24,25)21-13-15-7-8-16-5-3-4-6-17(16)11-15/h3-12,21H,13H2,1-2H3,(H,22,23). The number of amides is 1. The van der Waals surface area contributed by atoms with Crippen molar-refractivity contribution in [3.63, 3.8) is 0 Å². The summed E-state index contributed by atoms with van der Waals surface area (Å²) in [5, 5.41) is 4.72. The highest BCUT2D eigenvalue weighted by Crippen LogP contribution is 2.27. The Bertz CT molecular complexity index is 1090. The van der Waals surface area contributed by atoms with Crippen LogP contribution in [0, 0.1) is 0 Å². The van der Waals surface area contributed by atoms with Crippen LogP contribution < -0.4 is 14.8 Å². The Morgan fingerprint density at radius 3 is 2.44 bits per heavy atom. The van der Waals surface area contributed by atoms with Crippen LogP contribution in [0.4, 0.5) is 5.69 Å². The zero-order valence-corrected chi connectivity index (χ0v) is 15.8. The van der Waals surface area contributed by atoms with Gasteiger partial charge in [0.05, 0.1) is 17.7 Å². The van der Waals surface area contributed by atoms with E-state index in [4.69, 9.17) is 4.74 Å². The van der Waals surface area contributed by atoms with Crippen molar-refractivity contribution in [2.45, 2.75) is 18.4 Å². The predicted molar refractivity (Wildman–Crippen MR) is 105 cm³/mol. The van der Waals surface area contributed by atoms with Crippen molar-refractivity contribution in [2.24, 2.45) is 0 Å². The summed E-state index contributed by atoms with van der Waals surface area (Å²) < 4.78 is 33.0. The second kappa shape index (κ2) is 7.77. The molecule has 0 aliphatic rings. The molecule has 3 rings (SSSR count). The van der Waals surface area contributed by atoms with Gasteiger partial charge in [-0.15, -0.1) is 0 Å². The molecule has 0 unspecified atom stereocenters. The quantitative estimate of drug-likeness (QED) is 0.683. The van der Waals surface area contributed by atoms with Gasteiger partial charge in [-0.05, 0) is 40.6 Å². The third-order valence-electron chi connectivity index (χ3n) is 4.07. The fourth-order valence-electron chi connectivity index (χ4n) is 2.75. The lowest BCUT2D eigenvalue weighted by atomic mass is 10.1. The number of sulfonamides is 1. The van der Waals surface area contributed by atoms with Gasteiger partial charge in [-0.3, -0.25) is 4.79 Å². The van der Waals surface area contributed by atoms with Gasteiger partial charge in [-0.25, -0.2) is 13.1 Å². The molecule has 0 radical (unpaired) electrons. The van der Waals surface area contributed by atoms with Gasteiger partial charge < -0.3 is 10.1 Å². The lowest BCUT2D eigenvalue weighted by Gasteiger charge is -2.12. The Labute approximate surface area is 158 Å². The summed E-state index contributed by atoms with van der Waals surface area (Å²) in [6.07, 6.45) is 0. The van der Waals surface area contributed by atoms with Gasteiger partial charge in [0.15, 0.2) is 0 Å². The van der Waals surface area contributed by atoms with Gasteiger partial charge in [0, 0.05) is 13.5 Å². The Hall–Kier alpha value is -2.90. The Kier molecular flexibility index (Phi) is 5.43. The molecule has 0 atom stereocenters. The van der Waals surface area contributed by atoms with Gasteiger partial charge in [-0.1, -0.05) is 36.4 Å². The third kappa shape index (κ3) is 4.45. The Balaban J connectivity index is 1.82. The van der Waals surface area contributed by atoms with Crippen molar-refractivity contribution in [1.29, 1.82) is 0 Å². The van der Waals surface area contributed by atoms with Crippen molar-refractivity contribution in [2.75, 3.05) is 12.4 Å². The molecule has 3 aromatic carbocycles. The van der Waals surface area contributed by atoms with Gasteiger partial charge >= 0.3 is 0 Å². The molecule has 140 valence electrons. The molecule has 0 spiro atoms. The molecule has 3 aromatic rings. The number of rotatable bonds is 6. The summed E-state index contributed by atoms with van der Waals surface area (Å²) in [6, 6.07) is 18.0. The first-order valence-electron chi connectivity index (χ1n) is 8.32. The molecule has 0 bridgehead atoms. The maximum Gasteiger partial charge on any atom is 0.240 e. The minimum absolute atomic E-state index is 0.0489. The SMILES string of the molecule is COc1ccc(S(=O)(=O)NCc2ccc3ccccc3c2)cc1NC(C)=O. The van der Waals surface area contributed by atoms with E-state index in [1.54, 1.807) is 0 Å². The molecule has 0 fully saturated rings. The zero-order valence-electron chi connectivity index (χ0n) is 15.0. The van der Waals surface area contributed by atoms with E-state index in [9.17, 15) is 13.2 Å². The normalized spacial score (nSPS) is 11.3. The average Bonchev–Trinajstić information content (AvgIpc) is 2.66. The fourth-order valence-corrected chi connectivity index (χ4v) is 3.80. The van der Waals surface area contributed by atoms with Gasteiger partial charge in [0.2, 0.25) is 15.9 Å². The summed E-state index contributed by atoms with van der Waals surface area (Å²) in [5.41, 5.74) is 1.16. The van der Waals surface area contributed by atoms with Crippen molar-refractivity contribution >= 4 is 32.4 Å². The van der Waals surface area contributed by atoms with Crippen LogP contribution in [0.5, 0.6) is 5.75 Å². The number of nitrogens with one attached hydrogen (secondary N) is 2. The minimum atomic E-state index is -3.75. The molecule has 1 amide bonds. The number of ether oxygens (including phenoxy) is 1. The second-order valence-electron chi connectivity index (χ2n) is 6.05. The van der Waals surface area contributed by atoms with E-state index in [2.05, 4.69) is 10.0 Å². The number of hydrogen-bond acceptors (Lipinski definition) is 4. The van der Waals surface area contributed by atoms with E-state index in [0.29, 0.717) is 11.4 Å². The highest BCUT2D eigenvalue weighted by atomic mass is 32.2. The van der Waals surface area contributed by atoms with Crippen LogP contribution in [0.15, 0.2) is 65.6 Å². The Morgan fingerprint density at radius 1 is 1.00 bits per heavy atom. The van der Waals surface area contributed by atoms with E-state index >= 15 is 0 Å². The van der Waals surface area contributed by atoms with Crippen LogP contribution in [0.2, 0.25) is 0 Å². The van der Waals surface area contributed by atoms with Crippen molar-refractivity contribution in [1.82, 2.24) is 4.72 Å². The fraction of sp³-hybridized carbons (Fsp3) is 0.150. The summed E-state index contributed by atoms with van der Waals surface area (Å²) in [7, 11) is -2.30. The lowest BCUT2D eigenvalue weighted by Crippen LogP contribution is -2.23. The first kappa shape index (κ1) is 18.9. The summed E-state index contributed by atoms with van der Waals surface area (Å²) in [6.45, 7) is 1.51. The number of carbonyl (C=O) groups is 1. The second-order valence-corrected chi connectivity index (χ2v) is 7.82. The molecule has 2 N–H and O–H groups in total. The molecule has 0 saturated carbocycles. The van der Waals surface area contributed by atoms with E-state index in [1.165, 1.54) is 32.2 Å². The monoisotopic (exact) mass is 384 g/mol. The zero-order chi connectivity index (χ0) is 19.4. The highest BCUT2D eigenvalue weighted by molar-refractivity contribution is 7.89. The molecule has 0 aromatic heterocycles. The molecule has 0 aliphatic carbocycles. The number of hydrogen-bond donors (Lipinski definition) is 2. The molecular formula is C20H20N2O4S. The van der Waals surface area contributed by atoms with Crippen molar-refractivity contribution < 1.29 is 17.9 Å². The molecule has 27 heavy (non-hydrogen) atoms. The van der Waals surface area contributed by atoms with Crippen molar-refractivity contribution in [3.05, 3.63) is 66.2 Å². The highest BCUT2D eigenvalue weighted by Gasteiger charge is 2.17. The first-order valence-corrected chi connectivity index (χ1v) is 9.80. The molecule has 0 aliphatic heterocycles. The smallest absolute Gasteiger partial charge is 0.240 e. The third-order valence-corrected chi connectivity index (χ3v) is 5.47.